The molecule has 5 fully saturated rings. The van der Waals surface area contributed by atoms with E-state index in [0.29, 0.717) is 43.2 Å². The molecule has 44 heavy (non-hydrogen) atoms. The number of hydrogen-bond acceptors (Lipinski definition) is 7. The predicted molar refractivity (Wildman–Crippen MR) is 169 cm³/mol. The number of fused-ring (bicyclic) bond motifs is 6. The molecule has 4 aliphatic carbocycles. The van der Waals surface area contributed by atoms with Crippen molar-refractivity contribution in [3.8, 4) is 0 Å². The van der Waals surface area contributed by atoms with Crippen molar-refractivity contribution in [2.75, 3.05) is 12.3 Å². The lowest BCUT2D eigenvalue weighted by Crippen LogP contribution is -2.70. The highest BCUT2D eigenvalue weighted by molar-refractivity contribution is 8.00. The van der Waals surface area contributed by atoms with Gasteiger partial charge in [-0.1, -0.05) is 20.8 Å². The lowest BCUT2D eigenvalue weighted by Gasteiger charge is -2.63. The summed E-state index contributed by atoms with van der Waals surface area (Å²) in [7, 11) is 0. The summed E-state index contributed by atoms with van der Waals surface area (Å²) < 4.78 is 0. The smallest absolute Gasteiger partial charge is 0.268 e. The molecule has 0 spiro atoms. The van der Waals surface area contributed by atoms with Gasteiger partial charge in [0.1, 0.15) is 17.1 Å². The fourth-order valence-corrected chi connectivity index (χ4v) is 12.3. The van der Waals surface area contributed by atoms with E-state index in [1.165, 1.54) is 4.90 Å². The van der Waals surface area contributed by atoms with Crippen molar-refractivity contribution in [1.82, 2.24) is 15.5 Å². The summed E-state index contributed by atoms with van der Waals surface area (Å²) in [6, 6.07) is -0.621. The van der Waals surface area contributed by atoms with E-state index in [2.05, 4.69) is 31.4 Å². The number of β-lactam (4-membered cyclic amide) rings is 1. The fourth-order valence-electron chi connectivity index (χ4n) is 11.0. The van der Waals surface area contributed by atoms with Gasteiger partial charge in [0.2, 0.25) is 5.91 Å². The average molecular weight is 632 g/mol. The molecule has 2 heterocycles. The second-order valence-electron chi connectivity index (χ2n) is 15.5. The maximum Gasteiger partial charge on any atom is 0.268 e. The van der Waals surface area contributed by atoms with E-state index in [0.717, 1.165) is 44.1 Å². The number of rotatable bonds is 7. The van der Waals surface area contributed by atoms with Gasteiger partial charge in [-0.2, -0.15) is 0 Å². The molecule has 246 valence electrons. The summed E-state index contributed by atoms with van der Waals surface area (Å²) in [5.74, 6) is 1.47. The maximum absolute atomic E-state index is 13.1. The summed E-state index contributed by atoms with van der Waals surface area (Å²) in [4.78, 5) is 40.4. The van der Waals surface area contributed by atoms with Gasteiger partial charge in [0.25, 0.3) is 11.8 Å². The Balaban J connectivity index is 1.08. The van der Waals surface area contributed by atoms with E-state index in [-0.39, 0.29) is 69.6 Å². The monoisotopic (exact) mass is 631 g/mol. The van der Waals surface area contributed by atoms with Crippen LogP contribution in [0.4, 0.5) is 0 Å². The van der Waals surface area contributed by atoms with E-state index >= 15 is 0 Å². The first kappa shape index (κ1) is 32.3. The molecule has 4 saturated carbocycles. The van der Waals surface area contributed by atoms with Gasteiger partial charge in [0, 0.05) is 18.7 Å². The summed E-state index contributed by atoms with van der Waals surface area (Å²) in [5.41, 5.74) is 1.03. The highest BCUT2D eigenvalue weighted by Crippen LogP contribution is 2.68. The molecule has 0 aromatic heterocycles. The Morgan fingerprint density at radius 2 is 1.84 bits per heavy atom. The van der Waals surface area contributed by atoms with E-state index in [1.54, 1.807) is 11.8 Å². The Bertz CT molecular complexity index is 1210. The van der Waals surface area contributed by atoms with E-state index in [4.69, 9.17) is 0 Å². The molecule has 10 heteroatoms. The van der Waals surface area contributed by atoms with Gasteiger partial charge in [-0.25, -0.2) is 0 Å². The number of aliphatic hydroxyl groups excluding tert-OH is 3. The molecule has 2 aliphatic heterocycles. The summed E-state index contributed by atoms with van der Waals surface area (Å²) in [5, 5.41) is 39.2. The van der Waals surface area contributed by atoms with Crippen LogP contribution in [0.25, 0.3) is 0 Å². The number of thioether (sulfide) groups is 1. The third-order valence-corrected chi connectivity index (χ3v) is 14.8. The van der Waals surface area contributed by atoms with Crippen LogP contribution in [-0.4, -0.2) is 80.0 Å². The molecule has 1 saturated heterocycles. The average Bonchev–Trinajstić information content (AvgIpc) is 3.34. The molecule has 0 aromatic carbocycles. The Morgan fingerprint density at radius 1 is 1.09 bits per heavy atom. The van der Waals surface area contributed by atoms with Gasteiger partial charge in [0.15, 0.2) is 0 Å². The first-order valence-corrected chi connectivity index (χ1v) is 18.1. The number of nitrogens with one attached hydrogen (secondary N) is 2. The minimum Gasteiger partial charge on any atom is -0.393 e. The lowest BCUT2D eigenvalue weighted by molar-refractivity contribution is -0.207. The van der Waals surface area contributed by atoms with Gasteiger partial charge in [-0.15, -0.1) is 11.8 Å². The van der Waals surface area contributed by atoms with Crippen LogP contribution in [0, 0.1) is 46.3 Å². The van der Waals surface area contributed by atoms with Gasteiger partial charge < -0.3 is 26.0 Å². The van der Waals surface area contributed by atoms with Crippen molar-refractivity contribution in [3.63, 3.8) is 0 Å². The van der Waals surface area contributed by atoms with Gasteiger partial charge >= 0.3 is 0 Å². The Labute approximate surface area is 266 Å². The molecular formula is C34H53N3O6S. The van der Waals surface area contributed by atoms with Crippen molar-refractivity contribution in [2.45, 2.75) is 122 Å². The fraction of sp³-hybridized carbons (Fsp3) is 0.853. The number of likely N-dealkylation sites (N-methyl/N-ethyl adjacent to an activating group) is 1. The largest absolute Gasteiger partial charge is 0.393 e. The van der Waals surface area contributed by atoms with E-state index in [9.17, 15) is 29.7 Å². The van der Waals surface area contributed by atoms with Crippen LogP contribution in [0.2, 0.25) is 0 Å². The first-order valence-electron chi connectivity index (χ1n) is 17.1. The number of nitrogens with zero attached hydrogens (tertiary/aromatic N) is 1. The second-order valence-corrected chi connectivity index (χ2v) is 16.6. The van der Waals surface area contributed by atoms with Crippen LogP contribution in [0.5, 0.6) is 0 Å². The van der Waals surface area contributed by atoms with Crippen LogP contribution in [0.15, 0.2) is 11.3 Å². The molecule has 13 atom stereocenters. The Hall–Kier alpha value is -1.62. The van der Waals surface area contributed by atoms with Crippen LogP contribution < -0.4 is 10.6 Å². The number of aliphatic hydroxyl groups is 3. The Morgan fingerprint density at radius 3 is 2.57 bits per heavy atom. The molecule has 13 unspecified atom stereocenters. The highest BCUT2D eigenvalue weighted by Gasteiger charge is 2.65. The van der Waals surface area contributed by atoms with E-state index in [1.807, 2.05) is 13.8 Å². The molecule has 9 nitrogen and oxygen atoms in total. The van der Waals surface area contributed by atoms with Crippen LogP contribution >= 0.6 is 11.8 Å². The quantitative estimate of drug-likeness (QED) is 0.272. The minimum absolute atomic E-state index is 0.0490. The zero-order valence-electron chi connectivity index (χ0n) is 27.1. The van der Waals surface area contributed by atoms with Gasteiger partial charge in [-0.3, -0.25) is 19.3 Å². The van der Waals surface area contributed by atoms with Crippen LogP contribution in [0.3, 0.4) is 0 Å². The molecule has 6 aliphatic rings. The summed E-state index contributed by atoms with van der Waals surface area (Å²) in [6.07, 6.45) is 5.79. The molecule has 0 aromatic rings. The molecule has 6 rings (SSSR count). The second kappa shape index (κ2) is 11.9. The molecule has 5 N–H and O–H groups in total. The molecule has 3 amide bonds. The van der Waals surface area contributed by atoms with Gasteiger partial charge in [-0.05, 0) is 117 Å². The zero-order valence-corrected chi connectivity index (χ0v) is 27.9. The normalized spacial score (nSPS) is 45.4. The SMILES string of the molecule is CCNC(=O)C1=C(C)CSC2C(NC(=O)CCC(C)C3CCC4C5C(O)CC6CC(O)CCC6(C)C5CC(O)C34C)C(=O)N12. The molecule has 0 bridgehead atoms. The van der Waals surface area contributed by atoms with Crippen molar-refractivity contribution in [1.29, 1.82) is 0 Å². The van der Waals surface area contributed by atoms with E-state index < -0.39 is 18.2 Å². The standard InChI is InChI=1S/C34H53N3O6S/c1-6-35-30(42)29-18(3)16-44-32-28(31(43)37(29)32)36-26(41)10-7-17(2)21-8-9-22-27-23(15-25(40)34(21,22)5)33(4)12-11-20(38)13-19(33)14-24(27)39/h17,19-25,27-28,32,38-40H,6-16H2,1-5H3,(H,35,42)(H,36,41). The summed E-state index contributed by atoms with van der Waals surface area (Å²) >= 11 is 1.58. The third-order valence-electron chi connectivity index (χ3n) is 13.4. The van der Waals surface area contributed by atoms with Crippen molar-refractivity contribution >= 4 is 29.5 Å². The number of amides is 3. The summed E-state index contributed by atoms with van der Waals surface area (Å²) in [6.45, 7) is 11.0. The number of carbonyl (C=O) groups excluding carboxylic acids is 3. The van der Waals surface area contributed by atoms with Crippen LogP contribution in [-0.2, 0) is 14.4 Å². The lowest BCUT2D eigenvalue weighted by atomic mass is 9.43. The molecular weight excluding hydrogens is 578 g/mol. The zero-order chi connectivity index (χ0) is 31.7. The maximum atomic E-state index is 13.1. The number of hydrogen-bond donors (Lipinski definition) is 5. The number of carbonyl (C=O) groups is 3. The van der Waals surface area contributed by atoms with Crippen molar-refractivity contribution in [3.05, 3.63) is 11.3 Å². The van der Waals surface area contributed by atoms with Gasteiger partial charge in [0.05, 0.1) is 18.3 Å². The van der Waals surface area contributed by atoms with Crippen molar-refractivity contribution < 1.29 is 29.7 Å². The molecule has 0 radical (unpaired) electrons. The third kappa shape index (κ3) is 4.96. The minimum atomic E-state index is -0.621. The highest BCUT2D eigenvalue weighted by atomic mass is 32.2. The van der Waals surface area contributed by atoms with Crippen LogP contribution in [0.1, 0.15) is 92.4 Å². The topological polar surface area (TPSA) is 139 Å². The Kier molecular flexibility index (Phi) is 8.72. The van der Waals surface area contributed by atoms with Crippen molar-refractivity contribution in [2.24, 2.45) is 46.3 Å². The predicted octanol–water partition coefficient (Wildman–Crippen LogP) is 3.17. The first-order chi connectivity index (χ1) is 20.8.